The first-order valence-corrected chi connectivity index (χ1v) is 6.04. The number of anilines is 1. The van der Waals surface area contributed by atoms with Crippen molar-refractivity contribution in [2.45, 2.75) is 13.0 Å². The number of nitrogens with zero attached hydrogens (tertiary/aromatic N) is 1. The molecule has 110 valence electrons. The minimum absolute atomic E-state index is 0.0960. The zero-order chi connectivity index (χ0) is 15.6. The Kier molecular flexibility index (Phi) is 4.11. The Morgan fingerprint density at radius 2 is 1.81 bits per heavy atom. The average Bonchev–Trinajstić information content (AvgIpc) is 2.43. The van der Waals surface area contributed by atoms with Crippen LogP contribution in [0.2, 0.25) is 0 Å². The zero-order valence-electron chi connectivity index (χ0n) is 10.9. The fraction of sp³-hybridized carbons (Fsp3) is 0.143. The van der Waals surface area contributed by atoms with Gasteiger partial charge in [0.15, 0.2) is 11.6 Å². The van der Waals surface area contributed by atoms with Gasteiger partial charge in [0.1, 0.15) is 11.5 Å². The number of hydrogen-bond acceptors (Lipinski definition) is 3. The molecule has 1 N–H and O–H groups in total. The second-order valence-corrected chi connectivity index (χ2v) is 4.46. The summed E-state index contributed by atoms with van der Waals surface area (Å²) in [5.41, 5.74) is 0.0792. The van der Waals surface area contributed by atoms with Crippen LogP contribution in [-0.4, -0.2) is 4.92 Å². The number of rotatable bonds is 4. The van der Waals surface area contributed by atoms with E-state index >= 15 is 0 Å². The number of nitro benzene ring substituents is 1. The summed E-state index contributed by atoms with van der Waals surface area (Å²) in [6.07, 6.45) is 0. The first kappa shape index (κ1) is 14.8. The molecule has 1 unspecified atom stereocenters. The van der Waals surface area contributed by atoms with Crippen molar-refractivity contribution in [1.29, 1.82) is 0 Å². The second kappa shape index (κ2) is 5.82. The lowest BCUT2D eigenvalue weighted by molar-refractivity contribution is -0.384. The van der Waals surface area contributed by atoms with Crippen LogP contribution in [0.3, 0.4) is 0 Å². The quantitative estimate of drug-likeness (QED) is 0.680. The van der Waals surface area contributed by atoms with E-state index in [0.29, 0.717) is 5.56 Å². The summed E-state index contributed by atoms with van der Waals surface area (Å²) in [5, 5.41) is 13.7. The van der Waals surface area contributed by atoms with Gasteiger partial charge in [0, 0.05) is 6.04 Å². The Morgan fingerprint density at radius 3 is 2.43 bits per heavy atom. The summed E-state index contributed by atoms with van der Waals surface area (Å²) in [6, 6.07) is 5.91. The van der Waals surface area contributed by atoms with Crippen LogP contribution in [0.5, 0.6) is 0 Å². The van der Waals surface area contributed by atoms with Crippen LogP contribution in [-0.2, 0) is 0 Å². The molecule has 21 heavy (non-hydrogen) atoms. The van der Waals surface area contributed by atoms with Crippen molar-refractivity contribution < 1.29 is 18.1 Å². The van der Waals surface area contributed by atoms with Gasteiger partial charge >= 0.3 is 0 Å². The molecule has 0 amide bonds. The van der Waals surface area contributed by atoms with E-state index in [1.54, 1.807) is 6.92 Å². The van der Waals surface area contributed by atoms with Crippen LogP contribution in [0.15, 0.2) is 36.4 Å². The molecule has 2 aromatic rings. The lowest BCUT2D eigenvalue weighted by Gasteiger charge is -2.16. The van der Waals surface area contributed by atoms with Gasteiger partial charge in [-0.3, -0.25) is 10.1 Å². The third-order valence-corrected chi connectivity index (χ3v) is 2.97. The molecular weight excluding hydrogens is 285 g/mol. The van der Waals surface area contributed by atoms with E-state index < -0.39 is 34.1 Å². The monoisotopic (exact) mass is 296 g/mol. The Hall–Kier alpha value is -2.57. The summed E-state index contributed by atoms with van der Waals surface area (Å²) in [6.45, 7) is 1.62. The topological polar surface area (TPSA) is 55.2 Å². The van der Waals surface area contributed by atoms with Gasteiger partial charge in [0.2, 0.25) is 0 Å². The van der Waals surface area contributed by atoms with E-state index in [1.807, 2.05) is 0 Å². The summed E-state index contributed by atoms with van der Waals surface area (Å²) < 4.78 is 39.1. The molecule has 0 saturated carbocycles. The largest absolute Gasteiger partial charge is 0.373 e. The highest BCUT2D eigenvalue weighted by Crippen LogP contribution is 2.29. The standard InChI is InChI=1S/C14H11F3N2O2/c1-8(9-2-4-11(16)12(17)6-9)18-13-5-3-10(15)7-14(13)19(20)21/h2-8,18H,1H3. The maximum atomic E-state index is 13.2. The van der Waals surface area contributed by atoms with Crippen molar-refractivity contribution in [3.05, 3.63) is 69.5 Å². The van der Waals surface area contributed by atoms with Gasteiger partial charge < -0.3 is 5.32 Å². The van der Waals surface area contributed by atoms with E-state index in [-0.39, 0.29) is 5.69 Å². The number of hydrogen-bond donors (Lipinski definition) is 1. The molecule has 0 heterocycles. The molecule has 0 aliphatic rings. The van der Waals surface area contributed by atoms with E-state index in [0.717, 1.165) is 24.3 Å². The Balaban J connectivity index is 2.29. The maximum absolute atomic E-state index is 13.2. The van der Waals surface area contributed by atoms with Crippen molar-refractivity contribution in [2.24, 2.45) is 0 Å². The highest BCUT2D eigenvalue weighted by molar-refractivity contribution is 5.62. The Morgan fingerprint density at radius 1 is 1.10 bits per heavy atom. The first-order chi connectivity index (χ1) is 9.88. The fourth-order valence-electron chi connectivity index (χ4n) is 1.88. The van der Waals surface area contributed by atoms with Gasteiger partial charge in [0.05, 0.1) is 11.0 Å². The van der Waals surface area contributed by atoms with Crippen LogP contribution < -0.4 is 5.32 Å². The van der Waals surface area contributed by atoms with Crippen molar-refractivity contribution in [2.75, 3.05) is 5.32 Å². The first-order valence-electron chi connectivity index (χ1n) is 6.04. The third-order valence-electron chi connectivity index (χ3n) is 2.97. The van der Waals surface area contributed by atoms with Gasteiger partial charge in [0.25, 0.3) is 5.69 Å². The Labute approximate surface area is 118 Å². The van der Waals surface area contributed by atoms with Gasteiger partial charge in [-0.1, -0.05) is 6.07 Å². The fourth-order valence-corrected chi connectivity index (χ4v) is 1.88. The lowest BCUT2D eigenvalue weighted by Crippen LogP contribution is -2.09. The molecule has 0 bridgehead atoms. The van der Waals surface area contributed by atoms with Crippen molar-refractivity contribution in [3.63, 3.8) is 0 Å². The van der Waals surface area contributed by atoms with Crippen molar-refractivity contribution >= 4 is 11.4 Å². The zero-order valence-corrected chi connectivity index (χ0v) is 10.9. The van der Waals surface area contributed by atoms with E-state index in [1.165, 1.54) is 12.1 Å². The van der Waals surface area contributed by atoms with Crippen LogP contribution in [0.1, 0.15) is 18.5 Å². The van der Waals surface area contributed by atoms with E-state index in [4.69, 9.17) is 0 Å². The van der Waals surface area contributed by atoms with Crippen molar-refractivity contribution in [3.8, 4) is 0 Å². The van der Waals surface area contributed by atoms with Crippen molar-refractivity contribution in [1.82, 2.24) is 0 Å². The van der Waals surface area contributed by atoms with Crippen LogP contribution in [0, 0.1) is 27.6 Å². The predicted octanol–water partition coefficient (Wildman–Crippen LogP) is 4.19. The highest BCUT2D eigenvalue weighted by atomic mass is 19.2. The number of nitro groups is 1. The average molecular weight is 296 g/mol. The molecule has 2 rings (SSSR count). The number of halogens is 3. The molecule has 0 saturated heterocycles. The van der Waals surface area contributed by atoms with Crippen LogP contribution >= 0.6 is 0 Å². The minimum atomic E-state index is -1.00. The molecule has 7 heteroatoms. The summed E-state index contributed by atoms with van der Waals surface area (Å²) in [5.74, 6) is -2.71. The SMILES string of the molecule is CC(Nc1ccc(F)cc1[N+](=O)[O-])c1ccc(F)c(F)c1. The second-order valence-electron chi connectivity index (χ2n) is 4.46. The van der Waals surface area contributed by atoms with Crippen LogP contribution in [0.4, 0.5) is 24.5 Å². The minimum Gasteiger partial charge on any atom is -0.373 e. The summed E-state index contributed by atoms with van der Waals surface area (Å²) in [4.78, 5) is 10.2. The molecule has 2 aromatic carbocycles. The van der Waals surface area contributed by atoms with Gasteiger partial charge in [-0.25, -0.2) is 13.2 Å². The number of nitrogens with one attached hydrogen (secondary N) is 1. The van der Waals surface area contributed by atoms with Gasteiger partial charge in [-0.15, -0.1) is 0 Å². The maximum Gasteiger partial charge on any atom is 0.295 e. The molecule has 0 fully saturated rings. The normalized spacial score (nSPS) is 12.0. The number of benzene rings is 2. The molecule has 0 aromatic heterocycles. The Bertz CT molecular complexity index is 692. The molecule has 0 aliphatic carbocycles. The molecular formula is C14H11F3N2O2. The molecule has 0 spiro atoms. The molecule has 4 nitrogen and oxygen atoms in total. The molecule has 0 aliphatic heterocycles. The molecule has 1 atom stereocenters. The lowest BCUT2D eigenvalue weighted by atomic mass is 10.1. The van der Waals surface area contributed by atoms with E-state index in [2.05, 4.69) is 5.32 Å². The van der Waals surface area contributed by atoms with E-state index in [9.17, 15) is 23.3 Å². The van der Waals surface area contributed by atoms with Gasteiger partial charge in [-0.2, -0.15) is 0 Å². The third kappa shape index (κ3) is 3.31. The molecule has 0 radical (unpaired) electrons. The smallest absolute Gasteiger partial charge is 0.295 e. The summed E-state index contributed by atoms with van der Waals surface area (Å²) >= 11 is 0. The van der Waals surface area contributed by atoms with Crippen LogP contribution in [0.25, 0.3) is 0 Å². The van der Waals surface area contributed by atoms with Gasteiger partial charge in [-0.05, 0) is 36.8 Å². The summed E-state index contributed by atoms with van der Waals surface area (Å²) in [7, 11) is 0. The predicted molar refractivity (Wildman–Crippen MR) is 71.5 cm³/mol. The highest BCUT2D eigenvalue weighted by Gasteiger charge is 2.17.